The van der Waals surface area contributed by atoms with Crippen molar-refractivity contribution in [3.8, 4) is 0 Å². The van der Waals surface area contributed by atoms with Crippen molar-refractivity contribution in [1.82, 2.24) is 4.98 Å². The lowest BCUT2D eigenvalue weighted by atomic mass is 10.2. The maximum Gasteiger partial charge on any atom is 0.136 e. The Hall–Kier alpha value is -0.980. The second kappa shape index (κ2) is 5.57. The summed E-state index contributed by atoms with van der Waals surface area (Å²) in [5.74, 6) is 0.723. The molecule has 0 saturated carbocycles. The SMILES string of the molecule is NC(=S)c1cccnc1NCc1sccc1Br. The molecule has 6 heteroatoms. The third-order valence-corrected chi connectivity index (χ3v) is 4.33. The molecule has 0 spiro atoms. The number of nitrogens with zero attached hydrogens (tertiary/aromatic N) is 1. The molecule has 0 saturated heterocycles. The van der Waals surface area contributed by atoms with Gasteiger partial charge in [-0.2, -0.15) is 0 Å². The Morgan fingerprint density at radius 3 is 3.00 bits per heavy atom. The van der Waals surface area contributed by atoms with E-state index in [1.165, 1.54) is 4.88 Å². The normalized spacial score (nSPS) is 10.2. The molecule has 3 N–H and O–H groups in total. The van der Waals surface area contributed by atoms with E-state index in [-0.39, 0.29) is 0 Å². The van der Waals surface area contributed by atoms with Gasteiger partial charge in [-0.05, 0) is 39.5 Å². The fraction of sp³-hybridized carbons (Fsp3) is 0.0909. The number of hydrogen-bond acceptors (Lipinski definition) is 4. The molecule has 0 bridgehead atoms. The Balaban J connectivity index is 2.14. The topological polar surface area (TPSA) is 50.9 Å². The van der Waals surface area contributed by atoms with Crippen molar-refractivity contribution in [2.45, 2.75) is 6.54 Å². The zero-order valence-electron chi connectivity index (χ0n) is 8.81. The van der Waals surface area contributed by atoms with Crippen LogP contribution in [0.1, 0.15) is 10.4 Å². The highest BCUT2D eigenvalue weighted by atomic mass is 79.9. The maximum atomic E-state index is 5.64. The fourth-order valence-electron chi connectivity index (χ4n) is 1.36. The summed E-state index contributed by atoms with van der Waals surface area (Å²) in [4.78, 5) is 5.80. The zero-order valence-corrected chi connectivity index (χ0v) is 12.0. The van der Waals surface area contributed by atoms with Gasteiger partial charge in [0, 0.05) is 15.5 Å². The number of hydrogen-bond donors (Lipinski definition) is 2. The van der Waals surface area contributed by atoms with Crippen LogP contribution in [0, 0.1) is 0 Å². The van der Waals surface area contributed by atoms with Crippen molar-refractivity contribution >= 4 is 50.3 Å². The van der Waals surface area contributed by atoms with Crippen molar-refractivity contribution in [2.24, 2.45) is 5.73 Å². The molecule has 17 heavy (non-hydrogen) atoms. The van der Waals surface area contributed by atoms with E-state index < -0.39 is 0 Å². The van der Waals surface area contributed by atoms with Gasteiger partial charge in [0.25, 0.3) is 0 Å². The highest BCUT2D eigenvalue weighted by Gasteiger charge is 2.07. The lowest BCUT2D eigenvalue weighted by Gasteiger charge is -2.08. The van der Waals surface area contributed by atoms with E-state index in [1.807, 2.05) is 23.6 Å². The number of nitrogens with two attached hydrogens (primary N) is 1. The van der Waals surface area contributed by atoms with Crippen LogP contribution in [0.2, 0.25) is 0 Å². The third-order valence-electron chi connectivity index (χ3n) is 2.18. The van der Waals surface area contributed by atoms with Gasteiger partial charge in [0.2, 0.25) is 0 Å². The largest absolute Gasteiger partial charge is 0.389 e. The van der Waals surface area contributed by atoms with Crippen LogP contribution in [0.4, 0.5) is 5.82 Å². The number of aromatic nitrogens is 1. The van der Waals surface area contributed by atoms with E-state index in [9.17, 15) is 0 Å². The van der Waals surface area contributed by atoms with Gasteiger partial charge in [0.15, 0.2) is 0 Å². The summed E-state index contributed by atoms with van der Waals surface area (Å²) in [6.45, 7) is 0.699. The minimum atomic E-state index is 0.353. The minimum Gasteiger partial charge on any atom is -0.389 e. The summed E-state index contributed by atoms with van der Waals surface area (Å²) in [7, 11) is 0. The molecule has 0 amide bonds. The molecule has 0 aromatic carbocycles. The molecule has 2 aromatic rings. The number of anilines is 1. The average Bonchev–Trinajstić information content (AvgIpc) is 2.72. The molecular weight excluding hydrogens is 318 g/mol. The summed E-state index contributed by atoms with van der Waals surface area (Å²) in [5, 5.41) is 5.28. The van der Waals surface area contributed by atoms with Gasteiger partial charge in [-0.1, -0.05) is 12.2 Å². The average molecular weight is 328 g/mol. The highest BCUT2D eigenvalue weighted by Crippen LogP contribution is 2.23. The van der Waals surface area contributed by atoms with Crippen LogP contribution in [0.25, 0.3) is 0 Å². The van der Waals surface area contributed by atoms with Gasteiger partial charge < -0.3 is 11.1 Å². The maximum absolute atomic E-state index is 5.64. The number of thiocarbonyl (C=S) groups is 1. The lowest BCUT2D eigenvalue weighted by Crippen LogP contribution is -2.14. The van der Waals surface area contributed by atoms with E-state index in [0.717, 1.165) is 15.9 Å². The van der Waals surface area contributed by atoms with Crippen molar-refractivity contribution in [1.29, 1.82) is 0 Å². The molecule has 0 aliphatic carbocycles. The molecule has 0 radical (unpaired) electrons. The number of rotatable bonds is 4. The van der Waals surface area contributed by atoms with Gasteiger partial charge in [0.1, 0.15) is 10.8 Å². The van der Waals surface area contributed by atoms with Gasteiger partial charge in [-0.25, -0.2) is 4.98 Å². The van der Waals surface area contributed by atoms with Crippen LogP contribution in [0.3, 0.4) is 0 Å². The molecule has 2 rings (SSSR count). The quantitative estimate of drug-likeness (QED) is 0.847. The Morgan fingerprint density at radius 1 is 1.53 bits per heavy atom. The summed E-state index contributed by atoms with van der Waals surface area (Å²) in [6.07, 6.45) is 1.72. The van der Waals surface area contributed by atoms with Gasteiger partial charge >= 0.3 is 0 Å². The van der Waals surface area contributed by atoms with E-state index in [0.29, 0.717) is 11.5 Å². The standard InChI is InChI=1S/C11H10BrN3S2/c12-8-3-5-17-9(8)6-15-11-7(10(13)16)2-1-4-14-11/h1-5H,6H2,(H2,13,16)(H,14,15). The van der Waals surface area contributed by atoms with Crippen LogP contribution < -0.4 is 11.1 Å². The molecule has 3 nitrogen and oxygen atoms in total. The minimum absolute atomic E-state index is 0.353. The second-order valence-electron chi connectivity index (χ2n) is 3.31. The molecule has 0 aliphatic heterocycles. The molecule has 88 valence electrons. The third kappa shape index (κ3) is 3.02. The number of halogens is 1. The van der Waals surface area contributed by atoms with Crippen molar-refractivity contribution in [3.05, 3.63) is 44.7 Å². The van der Waals surface area contributed by atoms with E-state index in [1.54, 1.807) is 17.5 Å². The van der Waals surface area contributed by atoms with Crippen LogP contribution in [-0.4, -0.2) is 9.97 Å². The molecular formula is C11H10BrN3S2. The van der Waals surface area contributed by atoms with E-state index >= 15 is 0 Å². The van der Waals surface area contributed by atoms with Crippen molar-refractivity contribution in [2.75, 3.05) is 5.32 Å². The number of pyridine rings is 1. The van der Waals surface area contributed by atoms with Crippen LogP contribution >= 0.6 is 39.5 Å². The predicted octanol–water partition coefficient (Wildman–Crippen LogP) is 3.15. The van der Waals surface area contributed by atoms with Crippen molar-refractivity contribution in [3.63, 3.8) is 0 Å². The Bertz CT molecular complexity index is 539. The second-order valence-corrected chi connectivity index (χ2v) is 5.60. The monoisotopic (exact) mass is 327 g/mol. The van der Waals surface area contributed by atoms with E-state index in [2.05, 4.69) is 26.2 Å². The van der Waals surface area contributed by atoms with Gasteiger partial charge in [-0.3, -0.25) is 0 Å². The fourth-order valence-corrected chi connectivity index (χ4v) is 2.96. The molecule has 2 aromatic heterocycles. The molecule has 0 aliphatic rings. The Kier molecular flexibility index (Phi) is 4.09. The predicted molar refractivity (Wildman–Crippen MR) is 79.5 cm³/mol. The first-order valence-corrected chi connectivity index (χ1v) is 6.97. The molecule has 0 unspecified atom stereocenters. The first-order valence-electron chi connectivity index (χ1n) is 4.89. The summed E-state index contributed by atoms with van der Waals surface area (Å²) in [6, 6.07) is 5.70. The summed E-state index contributed by atoms with van der Waals surface area (Å²) >= 11 is 10.1. The highest BCUT2D eigenvalue weighted by molar-refractivity contribution is 9.10. The number of thiophene rings is 1. The molecule has 2 heterocycles. The summed E-state index contributed by atoms with van der Waals surface area (Å²) < 4.78 is 1.10. The number of nitrogens with one attached hydrogen (secondary N) is 1. The first kappa shape index (κ1) is 12.5. The lowest BCUT2D eigenvalue weighted by molar-refractivity contribution is 1.13. The van der Waals surface area contributed by atoms with Crippen LogP contribution in [0.5, 0.6) is 0 Å². The molecule has 0 fully saturated rings. The van der Waals surface area contributed by atoms with Crippen molar-refractivity contribution < 1.29 is 0 Å². The zero-order chi connectivity index (χ0) is 12.3. The smallest absolute Gasteiger partial charge is 0.136 e. The van der Waals surface area contributed by atoms with Crippen LogP contribution in [-0.2, 0) is 6.54 Å². The van der Waals surface area contributed by atoms with Crippen LogP contribution in [0.15, 0.2) is 34.2 Å². The van der Waals surface area contributed by atoms with Gasteiger partial charge in [0.05, 0.1) is 12.1 Å². The first-order chi connectivity index (χ1) is 8.18. The van der Waals surface area contributed by atoms with Gasteiger partial charge in [-0.15, -0.1) is 11.3 Å². The summed E-state index contributed by atoms with van der Waals surface area (Å²) in [5.41, 5.74) is 6.41. The Morgan fingerprint density at radius 2 is 2.35 bits per heavy atom. The van der Waals surface area contributed by atoms with E-state index in [4.69, 9.17) is 18.0 Å². The molecule has 0 atom stereocenters. The Labute approximate surface area is 117 Å².